The minimum Gasteiger partial charge on any atom is -0.392 e. The van der Waals surface area contributed by atoms with Gasteiger partial charge in [0.05, 0.1) is 11.9 Å². The summed E-state index contributed by atoms with van der Waals surface area (Å²) >= 11 is 5.53. The van der Waals surface area contributed by atoms with Crippen molar-refractivity contribution in [2.75, 3.05) is 5.88 Å². The minimum absolute atomic E-state index is 0.139. The van der Waals surface area contributed by atoms with Crippen LogP contribution in [-0.2, 0) is 0 Å². The maximum absolute atomic E-state index is 9.40. The lowest BCUT2D eigenvalue weighted by Crippen LogP contribution is -2.27. The van der Waals surface area contributed by atoms with Gasteiger partial charge in [0.1, 0.15) is 0 Å². The van der Waals surface area contributed by atoms with E-state index in [2.05, 4.69) is 5.32 Å². The maximum Gasteiger partial charge on any atom is 0.0920 e. The van der Waals surface area contributed by atoms with Gasteiger partial charge < -0.3 is 16.2 Å². The summed E-state index contributed by atoms with van der Waals surface area (Å²) in [6.45, 7) is 6.00. The van der Waals surface area contributed by atoms with Crippen LogP contribution in [0.3, 0.4) is 0 Å². The highest BCUT2D eigenvalue weighted by Crippen LogP contribution is 2.10. The highest BCUT2D eigenvalue weighted by molar-refractivity contribution is 6.18. The SMILES string of the molecule is CC(C)N/C(N)=C/CC(C)[C@H](O)CCl. The molecule has 0 aromatic rings. The molecule has 0 aromatic carbocycles. The first kappa shape index (κ1) is 13.6. The van der Waals surface area contributed by atoms with Crippen LogP contribution in [0.5, 0.6) is 0 Å². The standard InChI is InChI=1S/C10H21ClN2O/c1-7(2)13-10(12)5-4-8(3)9(14)6-11/h5,7-9,13-14H,4,6,12H2,1-3H3/b10-5+/t8?,9-/m1/s1. The van der Waals surface area contributed by atoms with Gasteiger partial charge in [-0.15, -0.1) is 11.6 Å². The number of hydrogen-bond donors (Lipinski definition) is 3. The fraction of sp³-hybridized carbons (Fsp3) is 0.800. The Bertz CT molecular complexity index is 183. The van der Waals surface area contributed by atoms with Gasteiger partial charge in [0.15, 0.2) is 0 Å². The van der Waals surface area contributed by atoms with E-state index in [0.29, 0.717) is 11.9 Å². The molecule has 0 aliphatic carbocycles. The predicted molar refractivity (Wildman–Crippen MR) is 61.0 cm³/mol. The lowest BCUT2D eigenvalue weighted by molar-refractivity contribution is 0.139. The second-order valence-electron chi connectivity index (χ2n) is 3.89. The molecule has 0 aliphatic heterocycles. The van der Waals surface area contributed by atoms with E-state index in [0.717, 1.165) is 6.42 Å². The van der Waals surface area contributed by atoms with Gasteiger partial charge in [-0.3, -0.25) is 0 Å². The topological polar surface area (TPSA) is 58.3 Å². The summed E-state index contributed by atoms with van der Waals surface area (Å²) in [5.74, 6) is 1.07. The quantitative estimate of drug-likeness (QED) is 0.594. The Morgan fingerprint density at radius 3 is 2.50 bits per heavy atom. The van der Waals surface area contributed by atoms with Gasteiger partial charge in [0, 0.05) is 11.9 Å². The molecule has 4 heteroatoms. The Hall–Kier alpha value is -0.410. The van der Waals surface area contributed by atoms with E-state index in [9.17, 15) is 5.11 Å². The molecule has 0 fully saturated rings. The number of nitrogens with two attached hydrogens (primary N) is 1. The molecule has 0 rings (SSSR count). The summed E-state index contributed by atoms with van der Waals surface area (Å²) in [5, 5.41) is 12.5. The number of rotatable bonds is 6. The van der Waals surface area contributed by atoms with Crippen molar-refractivity contribution in [3.63, 3.8) is 0 Å². The zero-order valence-corrected chi connectivity index (χ0v) is 9.88. The molecule has 0 spiro atoms. The average Bonchev–Trinajstić information content (AvgIpc) is 2.11. The fourth-order valence-electron chi connectivity index (χ4n) is 1.01. The van der Waals surface area contributed by atoms with Crippen molar-refractivity contribution in [1.82, 2.24) is 5.32 Å². The van der Waals surface area contributed by atoms with Crippen LogP contribution in [0.15, 0.2) is 11.9 Å². The second-order valence-corrected chi connectivity index (χ2v) is 4.20. The zero-order chi connectivity index (χ0) is 11.1. The third kappa shape index (κ3) is 6.11. The number of aliphatic hydroxyl groups is 1. The first-order chi connectivity index (χ1) is 6.47. The first-order valence-electron chi connectivity index (χ1n) is 4.93. The average molecular weight is 221 g/mol. The van der Waals surface area contributed by atoms with Crippen LogP contribution in [0, 0.1) is 5.92 Å². The van der Waals surface area contributed by atoms with Gasteiger partial charge in [-0.05, 0) is 32.3 Å². The predicted octanol–water partition coefficient (Wildman–Crippen LogP) is 1.41. The highest BCUT2D eigenvalue weighted by Gasteiger charge is 2.11. The van der Waals surface area contributed by atoms with Crippen molar-refractivity contribution in [2.24, 2.45) is 11.7 Å². The van der Waals surface area contributed by atoms with Crippen LogP contribution >= 0.6 is 11.6 Å². The molecular formula is C10H21ClN2O. The smallest absolute Gasteiger partial charge is 0.0920 e. The van der Waals surface area contributed by atoms with E-state index in [1.54, 1.807) is 0 Å². The Labute approximate surface area is 91.3 Å². The van der Waals surface area contributed by atoms with E-state index >= 15 is 0 Å². The second kappa shape index (κ2) is 6.96. The molecule has 2 atom stereocenters. The molecule has 0 aromatic heterocycles. The molecule has 14 heavy (non-hydrogen) atoms. The van der Waals surface area contributed by atoms with E-state index < -0.39 is 6.10 Å². The summed E-state index contributed by atoms with van der Waals surface area (Å²) in [5.41, 5.74) is 5.70. The van der Waals surface area contributed by atoms with E-state index in [-0.39, 0.29) is 11.8 Å². The summed E-state index contributed by atoms with van der Waals surface area (Å²) in [7, 11) is 0. The van der Waals surface area contributed by atoms with Crippen LogP contribution < -0.4 is 11.1 Å². The third-order valence-corrected chi connectivity index (χ3v) is 2.30. The van der Waals surface area contributed by atoms with Gasteiger partial charge in [0.2, 0.25) is 0 Å². The van der Waals surface area contributed by atoms with Gasteiger partial charge in [-0.2, -0.15) is 0 Å². The molecule has 0 saturated heterocycles. The van der Waals surface area contributed by atoms with Crippen LogP contribution in [0.2, 0.25) is 0 Å². The molecule has 1 unspecified atom stereocenters. The van der Waals surface area contributed by atoms with E-state index in [1.165, 1.54) is 0 Å². The molecule has 3 nitrogen and oxygen atoms in total. The fourth-order valence-corrected chi connectivity index (χ4v) is 1.32. The number of hydrogen-bond acceptors (Lipinski definition) is 3. The van der Waals surface area contributed by atoms with E-state index in [4.69, 9.17) is 17.3 Å². The van der Waals surface area contributed by atoms with Crippen molar-refractivity contribution < 1.29 is 5.11 Å². The maximum atomic E-state index is 9.40. The van der Waals surface area contributed by atoms with Crippen LogP contribution in [0.1, 0.15) is 27.2 Å². The molecule has 0 saturated carbocycles. The van der Waals surface area contributed by atoms with Gasteiger partial charge in [-0.1, -0.05) is 6.92 Å². The summed E-state index contributed by atoms with van der Waals surface area (Å²) in [4.78, 5) is 0. The molecule has 0 aliphatic rings. The van der Waals surface area contributed by atoms with Crippen molar-refractivity contribution in [2.45, 2.75) is 39.3 Å². The zero-order valence-electron chi connectivity index (χ0n) is 9.13. The van der Waals surface area contributed by atoms with Crippen molar-refractivity contribution in [3.05, 3.63) is 11.9 Å². The Kier molecular flexibility index (Phi) is 6.75. The van der Waals surface area contributed by atoms with Crippen LogP contribution in [0.25, 0.3) is 0 Å². The van der Waals surface area contributed by atoms with Crippen molar-refractivity contribution >= 4 is 11.6 Å². The van der Waals surface area contributed by atoms with Crippen molar-refractivity contribution in [3.8, 4) is 0 Å². The first-order valence-corrected chi connectivity index (χ1v) is 5.47. The van der Waals surface area contributed by atoms with Gasteiger partial charge >= 0.3 is 0 Å². The molecule has 0 amide bonds. The minimum atomic E-state index is -0.459. The molecule has 0 bridgehead atoms. The van der Waals surface area contributed by atoms with Crippen LogP contribution in [-0.4, -0.2) is 23.1 Å². The monoisotopic (exact) mass is 220 g/mol. The van der Waals surface area contributed by atoms with Gasteiger partial charge in [0.25, 0.3) is 0 Å². The van der Waals surface area contributed by atoms with Gasteiger partial charge in [-0.25, -0.2) is 0 Å². The highest BCUT2D eigenvalue weighted by atomic mass is 35.5. The number of nitrogens with one attached hydrogen (secondary N) is 1. The summed E-state index contributed by atoms with van der Waals surface area (Å²) < 4.78 is 0. The lowest BCUT2D eigenvalue weighted by atomic mass is 10.0. The molecule has 0 radical (unpaired) electrons. The lowest BCUT2D eigenvalue weighted by Gasteiger charge is -2.15. The normalized spacial score (nSPS) is 16.9. The van der Waals surface area contributed by atoms with Crippen LogP contribution in [0.4, 0.5) is 0 Å². The Balaban J connectivity index is 3.89. The molecule has 84 valence electrons. The number of alkyl halides is 1. The number of aliphatic hydroxyl groups excluding tert-OH is 1. The van der Waals surface area contributed by atoms with E-state index in [1.807, 2.05) is 26.8 Å². The Morgan fingerprint density at radius 1 is 1.50 bits per heavy atom. The Morgan fingerprint density at radius 2 is 2.07 bits per heavy atom. The molecule has 4 N–H and O–H groups in total. The molecule has 0 heterocycles. The third-order valence-electron chi connectivity index (χ3n) is 1.98. The summed E-state index contributed by atoms with van der Waals surface area (Å²) in [6.07, 6.45) is 2.17. The summed E-state index contributed by atoms with van der Waals surface area (Å²) in [6, 6.07) is 0.333. The largest absolute Gasteiger partial charge is 0.392 e. The van der Waals surface area contributed by atoms with Crippen molar-refractivity contribution in [1.29, 1.82) is 0 Å². The number of allylic oxidation sites excluding steroid dienone is 1. The number of halogens is 1. The molecular weight excluding hydrogens is 200 g/mol.